The second kappa shape index (κ2) is 6.74. The Labute approximate surface area is 162 Å². The van der Waals surface area contributed by atoms with Crippen LogP contribution in [0, 0.1) is 29.1 Å². The Morgan fingerprint density at radius 1 is 0.846 bits per heavy atom. The molecule has 3 aliphatic heterocycles. The second-order valence-electron chi connectivity index (χ2n) is 11.8. The highest BCUT2D eigenvalue weighted by molar-refractivity contribution is 5.15. The van der Waals surface area contributed by atoms with E-state index < -0.39 is 0 Å². The molecule has 4 aliphatic rings. The fraction of sp³-hybridized carbons (Fsp3) is 1.00. The number of piperidine rings is 1. The third-order valence-electron chi connectivity index (χ3n) is 8.04. The quantitative estimate of drug-likeness (QED) is 0.732. The first-order chi connectivity index (χ1) is 12.2. The summed E-state index contributed by atoms with van der Waals surface area (Å²) in [4.78, 5) is 2.94. The van der Waals surface area contributed by atoms with Gasteiger partial charge in [0.15, 0.2) is 0 Å². The van der Waals surface area contributed by atoms with E-state index >= 15 is 0 Å². The third kappa shape index (κ3) is 3.16. The van der Waals surface area contributed by atoms with Gasteiger partial charge in [0.25, 0.3) is 0 Å². The topological polar surface area (TPSA) is 27.3 Å². The van der Waals surface area contributed by atoms with Crippen LogP contribution < -0.4 is 10.6 Å². The lowest BCUT2D eigenvalue weighted by molar-refractivity contribution is -0.0103. The number of likely N-dealkylation sites (tertiary alicyclic amines) is 1. The van der Waals surface area contributed by atoms with Crippen LogP contribution >= 0.6 is 0 Å². The molecule has 0 aromatic heterocycles. The van der Waals surface area contributed by atoms with E-state index in [9.17, 15) is 0 Å². The summed E-state index contributed by atoms with van der Waals surface area (Å²) in [6, 6.07) is 1.39. The average molecular weight is 362 g/mol. The van der Waals surface area contributed by atoms with E-state index in [1.807, 2.05) is 0 Å². The average Bonchev–Trinajstić information content (AvgIpc) is 3.08. The van der Waals surface area contributed by atoms with Gasteiger partial charge < -0.3 is 5.32 Å². The molecule has 26 heavy (non-hydrogen) atoms. The first-order valence-corrected chi connectivity index (χ1v) is 11.4. The van der Waals surface area contributed by atoms with Crippen LogP contribution in [0.4, 0.5) is 0 Å². The van der Waals surface area contributed by atoms with E-state index in [1.54, 1.807) is 0 Å². The van der Waals surface area contributed by atoms with Crippen molar-refractivity contribution in [2.75, 3.05) is 13.1 Å². The molecule has 2 N–H and O–H groups in total. The van der Waals surface area contributed by atoms with Crippen molar-refractivity contribution in [3.63, 3.8) is 0 Å². The molecule has 150 valence electrons. The molecule has 3 saturated heterocycles. The highest BCUT2D eigenvalue weighted by Gasteiger charge is 2.63. The van der Waals surface area contributed by atoms with Gasteiger partial charge in [-0.2, -0.15) is 0 Å². The molecule has 0 aromatic rings. The van der Waals surface area contributed by atoms with Crippen LogP contribution in [0.15, 0.2) is 0 Å². The Morgan fingerprint density at radius 2 is 1.54 bits per heavy atom. The standard InChI is InChI=1S/C23H43N3/c1-22(2,3)20-18(15-10-8-7-9-11-15)19-16-12-13-24-14-17(16)25-21(19)26(20)23(4,5)6/h15-21,24-25H,7-14H2,1-6H3. The van der Waals surface area contributed by atoms with Gasteiger partial charge in [-0.25, -0.2) is 0 Å². The van der Waals surface area contributed by atoms with Crippen LogP contribution in [-0.4, -0.2) is 41.8 Å². The molecule has 0 amide bonds. The van der Waals surface area contributed by atoms with Gasteiger partial charge in [0.2, 0.25) is 0 Å². The van der Waals surface area contributed by atoms with Crippen molar-refractivity contribution >= 4 is 0 Å². The lowest BCUT2D eigenvalue weighted by Crippen LogP contribution is -2.59. The van der Waals surface area contributed by atoms with E-state index in [-0.39, 0.29) is 5.54 Å². The highest BCUT2D eigenvalue weighted by atomic mass is 15.4. The number of rotatable bonds is 1. The smallest absolute Gasteiger partial charge is 0.0642 e. The van der Waals surface area contributed by atoms with E-state index in [4.69, 9.17) is 0 Å². The normalized spacial score (nSPS) is 42.7. The molecule has 0 aromatic carbocycles. The zero-order valence-corrected chi connectivity index (χ0v) is 18.1. The second-order valence-corrected chi connectivity index (χ2v) is 11.8. The van der Waals surface area contributed by atoms with Crippen molar-refractivity contribution in [3.8, 4) is 0 Å². The van der Waals surface area contributed by atoms with Crippen molar-refractivity contribution in [1.82, 2.24) is 15.5 Å². The van der Waals surface area contributed by atoms with Crippen LogP contribution in [0.3, 0.4) is 0 Å². The van der Waals surface area contributed by atoms with Crippen molar-refractivity contribution < 1.29 is 0 Å². The molecule has 0 bridgehead atoms. The van der Waals surface area contributed by atoms with Gasteiger partial charge in [-0.15, -0.1) is 0 Å². The SMILES string of the molecule is CC(C)(C)C1C(C2CCCCC2)C2C3CCNCC3NC2N1C(C)(C)C. The summed E-state index contributed by atoms with van der Waals surface area (Å²) >= 11 is 0. The molecule has 4 fully saturated rings. The van der Waals surface area contributed by atoms with Crippen molar-refractivity contribution in [2.45, 2.75) is 104 Å². The molecule has 0 spiro atoms. The molecular formula is C23H43N3. The molecule has 1 aliphatic carbocycles. The predicted octanol–water partition coefficient (Wildman–Crippen LogP) is 4.24. The van der Waals surface area contributed by atoms with Gasteiger partial charge in [0.05, 0.1) is 6.17 Å². The molecule has 3 nitrogen and oxygen atoms in total. The van der Waals surface area contributed by atoms with Gasteiger partial charge >= 0.3 is 0 Å². The summed E-state index contributed by atoms with van der Waals surface area (Å²) in [6.45, 7) is 17.3. The first kappa shape index (κ1) is 19.2. The zero-order valence-electron chi connectivity index (χ0n) is 18.1. The highest BCUT2D eigenvalue weighted by Crippen LogP contribution is 2.57. The molecule has 6 atom stereocenters. The lowest BCUT2D eigenvalue weighted by Gasteiger charge is -2.49. The fourth-order valence-corrected chi connectivity index (χ4v) is 7.34. The Morgan fingerprint density at radius 3 is 2.15 bits per heavy atom. The third-order valence-corrected chi connectivity index (χ3v) is 8.04. The molecule has 3 heteroatoms. The Bertz CT molecular complexity index is 497. The summed E-state index contributed by atoms with van der Waals surface area (Å²) < 4.78 is 0. The molecule has 1 saturated carbocycles. The van der Waals surface area contributed by atoms with Crippen molar-refractivity contribution in [2.24, 2.45) is 29.1 Å². The summed E-state index contributed by atoms with van der Waals surface area (Å²) in [5.41, 5.74) is 0.558. The monoisotopic (exact) mass is 361 g/mol. The Kier molecular flexibility index (Phi) is 4.98. The molecule has 6 unspecified atom stereocenters. The summed E-state index contributed by atoms with van der Waals surface area (Å²) in [7, 11) is 0. The number of nitrogens with zero attached hydrogens (tertiary/aromatic N) is 1. The molecule has 4 rings (SSSR count). The Balaban J connectivity index is 1.75. The van der Waals surface area contributed by atoms with Gasteiger partial charge in [-0.1, -0.05) is 52.9 Å². The number of hydrogen-bond acceptors (Lipinski definition) is 3. The molecule has 3 heterocycles. The largest absolute Gasteiger partial charge is 0.315 e. The number of nitrogens with one attached hydrogen (secondary N) is 2. The van der Waals surface area contributed by atoms with E-state index in [0.717, 1.165) is 23.7 Å². The van der Waals surface area contributed by atoms with Gasteiger partial charge in [0, 0.05) is 24.2 Å². The van der Waals surface area contributed by atoms with Gasteiger partial charge in [-0.3, -0.25) is 10.2 Å². The number of hydrogen-bond donors (Lipinski definition) is 2. The minimum absolute atomic E-state index is 0.220. The van der Waals surface area contributed by atoms with Crippen LogP contribution in [0.2, 0.25) is 0 Å². The van der Waals surface area contributed by atoms with Crippen molar-refractivity contribution in [3.05, 3.63) is 0 Å². The van der Waals surface area contributed by atoms with E-state index in [1.165, 1.54) is 51.6 Å². The van der Waals surface area contributed by atoms with E-state index in [0.29, 0.717) is 23.7 Å². The number of fused-ring (bicyclic) bond motifs is 3. The minimum Gasteiger partial charge on any atom is -0.315 e. The first-order valence-electron chi connectivity index (χ1n) is 11.4. The van der Waals surface area contributed by atoms with Crippen LogP contribution in [0.25, 0.3) is 0 Å². The maximum atomic E-state index is 4.15. The van der Waals surface area contributed by atoms with Crippen molar-refractivity contribution in [1.29, 1.82) is 0 Å². The van der Waals surface area contributed by atoms with Crippen LogP contribution in [0.5, 0.6) is 0 Å². The van der Waals surface area contributed by atoms with Gasteiger partial charge in [0.1, 0.15) is 0 Å². The van der Waals surface area contributed by atoms with Crippen LogP contribution in [-0.2, 0) is 0 Å². The fourth-order valence-electron chi connectivity index (χ4n) is 7.34. The zero-order chi connectivity index (χ0) is 18.7. The Hall–Kier alpha value is -0.120. The maximum absolute atomic E-state index is 4.15. The molecule has 0 radical (unpaired) electrons. The minimum atomic E-state index is 0.220. The summed E-state index contributed by atoms with van der Waals surface area (Å²) in [5.74, 6) is 3.56. The van der Waals surface area contributed by atoms with Crippen LogP contribution in [0.1, 0.15) is 80.1 Å². The van der Waals surface area contributed by atoms with E-state index in [2.05, 4.69) is 57.1 Å². The summed E-state index contributed by atoms with van der Waals surface area (Å²) in [6.07, 6.45) is 9.32. The maximum Gasteiger partial charge on any atom is 0.0642 e. The predicted molar refractivity (Wildman–Crippen MR) is 110 cm³/mol. The lowest BCUT2D eigenvalue weighted by atomic mass is 9.63. The molecular weight excluding hydrogens is 318 g/mol. The summed E-state index contributed by atoms with van der Waals surface area (Å²) in [5, 5.41) is 7.80. The van der Waals surface area contributed by atoms with Gasteiger partial charge in [-0.05, 0) is 62.8 Å².